The largest absolute Gasteiger partial charge is 0.496 e. The van der Waals surface area contributed by atoms with Crippen LogP contribution in [0.5, 0.6) is 5.75 Å². The molecule has 0 aliphatic carbocycles. The molecule has 1 aromatic carbocycles. The zero-order valence-corrected chi connectivity index (χ0v) is 13.9. The topological polar surface area (TPSA) is 68.3 Å². The van der Waals surface area contributed by atoms with E-state index in [1.807, 2.05) is 24.3 Å². The van der Waals surface area contributed by atoms with Crippen LogP contribution in [0.3, 0.4) is 0 Å². The Bertz CT molecular complexity index is 716. The number of ether oxygens (including phenoxy) is 1. The van der Waals surface area contributed by atoms with E-state index in [0.717, 1.165) is 22.6 Å². The highest BCUT2D eigenvalue weighted by atomic mass is 35.5. The summed E-state index contributed by atoms with van der Waals surface area (Å²) in [7, 11) is -2.01. The summed E-state index contributed by atoms with van der Waals surface area (Å²) in [6, 6.07) is 7.23. The minimum Gasteiger partial charge on any atom is -0.496 e. The van der Waals surface area contributed by atoms with Crippen LogP contribution < -0.4 is 9.46 Å². The number of hydrogen-bond acceptors (Lipinski definition) is 5. The number of rotatable bonds is 6. The fourth-order valence-corrected chi connectivity index (χ4v) is 4.48. The van der Waals surface area contributed by atoms with Crippen LogP contribution in [-0.4, -0.2) is 26.6 Å². The Morgan fingerprint density at radius 3 is 2.76 bits per heavy atom. The van der Waals surface area contributed by atoms with Crippen molar-refractivity contribution in [3.63, 3.8) is 0 Å². The molecule has 1 atom stereocenters. The van der Waals surface area contributed by atoms with Crippen molar-refractivity contribution in [2.24, 2.45) is 0 Å². The number of nitrogens with zero attached hydrogens (tertiary/aromatic N) is 1. The summed E-state index contributed by atoms with van der Waals surface area (Å²) in [4.78, 5) is 3.75. The first-order chi connectivity index (χ1) is 9.92. The lowest BCUT2D eigenvalue weighted by molar-refractivity contribution is 0.407. The molecule has 0 bridgehead atoms. The van der Waals surface area contributed by atoms with Gasteiger partial charge in [-0.1, -0.05) is 41.1 Å². The summed E-state index contributed by atoms with van der Waals surface area (Å²) < 4.78 is 32.5. The van der Waals surface area contributed by atoms with Crippen molar-refractivity contribution in [2.45, 2.75) is 23.6 Å². The summed E-state index contributed by atoms with van der Waals surface area (Å²) in [5.74, 6) is 0.740. The van der Waals surface area contributed by atoms with Crippen molar-refractivity contribution in [3.8, 4) is 5.75 Å². The van der Waals surface area contributed by atoms with Crippen molar-refractivity contribution in [3.05, 3.63) is 40.5 Å². The van der Waals surface area contributed by atoms with E-state index in [-0.39, 0.29) is 14.7 Å². The SMILES string of the molecule is COc1ccccc1CC(C)NS(=O)(=O)c1cnc(Cl)s1. The number of para-hydroxylation sites is 1. The Morgan fingerprint density at radius 2 is 2.14 bits per heavy atom. The Morgan fingerprint density at radius 1 is 1.43 bits per heavy atom. The molecule has 0 saturated carbocycles. The lowest BCUT2D eigenvalue weighted by Crippen LogP contribution is -2.33. The van der Waals surface area contributed by atoms with Crippen molar-refractivity contribution in [1.82, 2.24) is 9.71 Å². The van der Waals surface area contributed by atoms with Gasteiger partial charge < -0.3 is 4.74 Å². The minimum absolute atomic E-state index is 0.111. The maximum atomic E-state index is 12.2. The number of thiazole rings is 1. The summed E-state index contributed by atoms with van der Waals surface area (Å²) in [5, 5.41) is 0. The molecule has 0 aliphatic rings. The Labute approximate surface area is 133 Å². The van der Waals surface area contributed by atoms with Crippen molar-refractivity contribution >= 4 is 33.0 Å². The third kappa shape index (κ3) is 4.16. The monoisotopic (exact) mass is 346 g/mol. The number of aromatic nitrogens is 1. The molecule has 0 aliphatic heterocycles. The van der Waals surface area contributed by atoms with Gasteiger partial charge in [0.1, 0.15) is 5.75 Å². The first-order valence-corrected chi connectivity index (χ1v) is 8.85. The molecular formula is C13H15ClN2O3S2. The van der Waals surface area contributed by atoms with E-state index in [4.69, 9.17) is 16.3 Å². The van der Waals surface area contributed by atoms with Gasteiger partial charge in [-0.25, -0.2) is 18.1 Å². The second-order valence-electron chi connectivity index (χ2n) is 4.47. The average molecular weight is 347 g/mol. The van der Waals surface area contributed by atoms with E-state index >= 15 is 0 Å². The van der Waals surface area contributed by atoms with E-state index in [1.54, 1.807) is 14.0 Å². The van der Waals surface area contributed by atoms with Crippen LogP contribution in [0.25, 0.3) is 0 Å². The standard InChI is InChI=1S/C13H15ClN2O3S2/c1-9(7-10-5-3-4-6-11(10)19-2)16-21(17,18)12-8-15-13(14)20-12/h3-6,8-9,16H,7H2,1-2H3. The minimum atomic E-state index is -3.60. The van der Waals surface area contributed by atoms with E-state index in [1.165, 1.54) is 6.20 Å². The molecule has 1 aromatic heterocycles. The molecule has 0 spiro atoms. The number of halogens is 1. The second kappa shape index (κ2) is 6.74. The summed E-state index contributed by atoms with van der Waals surface area (Å²) in [5.41, 5.74) is 0.942. The predicted octanol–water partition coefficient (Wildman–Crippen LogP) is 2.71. The van der Waals surface area contributed by atoms with Crippen molar-refractivity contribution < 1.29 is 13.2 Å². The van der Waals surface area contributed by atoms with Gasteiger partial charge in [0, 0.05) is 6.04 Å². The maximum absolute atomic E-state index is 12.2. The molecule has 5 nitrogen and oxygen atoms in total. The van der Waals surface area contributed by atoms with Gasteiger partial charge in [0.05, 0.1) is 13.3 Å². The number of nitrogens with one attached hydrogen (secondary N) is 1. The van der Waals surface area contributed by atoms with E-state index in [2.05, 4.69) is 9.71 Å². The fraction of sp³-hybridized carbons (Fsp3) is 0.308. The van der Waals surface area contributed by atoms with E-state index in [0.29, 0.717) is 6.42 Å². The van der Waals surface area contributed by atoms with Crippen LogP contribution in [0.4, 0.5) is 0 Å². The third-order valence-corrected chi connectivity index (χ3v) is 5.96. The first kappa shape index (κ1) is 16.2. The summed E-state index contributed by atoms with van der Waals surface area (Å²) >= 11 is 6.60. The van der Waals surface area contributed by atoms with E-state index in [9.17, 15) is 8.42 Å². The molecule has 114 valence electrons. The molecule has 0 amide bonds. The van der Waals surface area contributed by atoms with Gasteiger partial charge in [0.2, 0.25) is 0 Å². The van der Waals surface area contributed by atoms with Crippen LogP contribution >= 0.6 is 22.9 Å². The van der Waals surface area contributed by atoms with Crippen molar-refractivity contribution in [2.75, 3.05) is 7.11 Å². The highest BCUT2D eigenvalue weighted by molar-refractivity contribution is 7.91. The van der Waals surface area contributed by atoms with Crippen LogP contribution in [0.1, 0.15) is 12.5 Å². The maximum Gasteiger partial charge on any atom is 0.251 e. The van der Waals surface area contributed by atoms with Gasteiger partial charge in [-0.15, -0.1) is 0 Å². The lowest BCUT2D eigenvalue weighted by atomic mass is 10.1. The summed E-state index contributed by atoms with van der Waals surface area (Å²) in [6.07, 6.45) is 1.78. The molecule has 1 heterocycles. The molecule has 0 fully saturated rings. The van der Waals surface area contributed by atoms with Gasteiger partial charge in [-0.2, -0.15) is 0 Å². The van der Waals surface area contributed by atoms with Crippen LogP contribution in [0, 0.1) is 0 Å². The molecule has 1 N–H and O–H groups in total. The molecular weight excluding hydrogens is 332 g/mol. The number of methoxy groups -OCH3 is 1. The third-order valence-electron chi connectivity index (χ3n) is 2.80. The van der Waals surface area contributed by atoms with Gasteiger partial charge >= 0.3 is 0 Å². The summed E-state index contributed by atoms with van der Waals surface area (Å²) in [6.45, 7) is 1.80. The normalized spacial score (nSPS) is 13.1. The second-order valence-corrected chi connectivity index (χ2v) is 8.02. The van der Waals surface area contributed by atoms with Gasteiger partial charge in [0.25, 0.3) is 10.0 Å². The Kier molecular flexibility index (Phi) is 5.21. The predicted molar refractivity (Wildman–Crippen MR) is 83.6 cm³/mol. The molecule has 0 saturated heterocycles. The average Bonchev–Trinajstić information content (AvgIpc) is 2.86. The van der Waals surface area contributed by atoms with Crippen LogP contribution in [0.2, 0.25) is 4.47 Å². The van der Waals surface area contributed by atoms with Crippen LogP contribution in [0.15, 0.2) is 34.7 Å². The van der Waals surface area contributed by atoms with Gasteiger partial charge in [0.15, 0.2) is 8.68 Å². The Balaban J connectivity index is 2.09. The molecule has 21 heavy (non-hydrogen) atoms. The highest BCUT2D eigenvalue weighted by Crippen LogP contribution is 2.23. The smallest absolute Gasteiger partial charge is 0.251 e. The lowest BCUT2D eigenvalue weighted by Gasteiger charge is -2.15. The fourth-order valence-electron chi connectivity index (χ4n) is 1.93. The van der Waals surface area contributed by atoms with E-state index < -0.39 is 10.0 Å². The van der Waals surface area contributed by atoms with Crippen molar-refractivity contribution in [1.29, 1.82) is 0 Å². The molecule has 1 unspecified atom stereocenters. The van der Waals surface area contributed by atoms with Gasteiger partial charge in [-0.05, 0) is 25.0 Å². The molecule has 0 radical (unpaired) electrons. The molecule has 8 heteroatoms. The molecule has 2 rings (SSSR count). The highest BCUT2D eigenvalue weighted by Gasteiger charge is 2.21. The zero-order valence-electron chi connectivity index (χ0n) is 11.5. The number of benzene rings is 1. The zero-order chi connectivity index (χ0) is 15.5. The van der Waals surface area contributed by atoms with Crippen LogP contribution in [-0.2, 0) is 16.4 Å². The molecule has 2 aromatic rings. The quantitative estimate of drug-likeness (QED) is 0.873. The Hall–Kier alpha value is -1.15. The number of sulfonamides is 1. The first-order valence-electron chi connectivity index (χ1n) is 6.18. The van der Waals surface area contributed by atoms with Gasteiger partial charge in [-0.3, -0.25) is 0 Å². The number of hydrogen-bond donors (Lipinski definition) is 1.